The van der Waals surface area contributed by atoms with Gasteiger partial charge in [0, 0.05) is 23.7 Å². The van der Waals surface area contributed by atoms with Gasteiger partial charge < -0.3 is 14.4 Å². The van der Waals surface area contributed by atoms with Crippen molar-refractivity contribution in [3.05, 3.63) is 263 Å². The normalized spacial score (nSPS) is 11.2. The van der Waals surface area contributed by atoms with Gasteiger partial charge in [0.2, 0.25) is 0 Å². The van der Waals surface area contributed by atoms with Gasteiger partial charge in [0.15, 0.2) is 0 Å². The Morgan fingerprint density at radius 2 is 1.04 bits per heavy atom. The maximum absolute atomic E-state index is 13.2. The summed E-state index contributed by atoms with van der Waals surface area (Å²) in [5.41, 5.74) is 19.7. The van der Waals surface area contributed by atoms with Crippen molar-refractivity contribution in [3.63, 3.8) is 0 Å². The van der Waals surface area contributed by atoms with Gasteiger partial charge in [-0.3, -0.25) is 4.79 Å². The average molecular weight is 1080 g/mol. The van der Waals surface area contributed by atoms with Crippen LogP contribution in [0.25, 0.3) is 83.4 Å². The molecule has 0 amide bonds. The van der Waals surface area contributed by atoms with Crippen molar-refractivity contribution in [1.82, 2.24) is 19.4 Å². The number of nitrogens with zero attached hydrogens (tertiary/aromatic N) is 4. The Balaban J connectivity index is 0.00000567. The van der Waals surface area contributed by atoms with Crippen molar-refractivity contribution < 1.29 is 20.1 Å². The van der Waals surface area contributed by atoms with E-state index in [1.165, 1.54) is 22.3 Å². The van der Waals surface area contributed by atoms with Crippen LogP contribution in [0.2, 0.25) is 0 Å². The molecule has 70 heavy (non-hydrogen) atoms. The van der Waals surface area contributed by atoms with E-state index < -0.39 is 0 Å². The monoisotopic (exact) mass is 1080 g/mol. The van der Waals surface area contributed by atoms with E-state index in [1.807, 2.05) is 79.3 Å². The molecule has 0 fully saturated rings. The van der Waals surface area contributed by atoms with Crippen LogP contribution < -0.4 is 5.56 Å². The number of pyridine rings is 3. The molecule has 7 aromatic carbocycles. The third kappa shape index (κ3) is 9.45. The number of fused-ring (bicyclic) bond motifs is 3. The second kappa shape index (κ2) is 20.4. The molecule has 11 rings (SSSR count). The Morgan fingerprint density at radius 1 is 0.486 bits per heavy atom. The van der Waals surface area contributed by atoms with E-state index in [-0.39, 0.29) is 25.7 Å². The van der Waals surface area contributed by atoms with E-state index in [0.717, 1.165) is 109 Å². The summed E-state index contributed by atoms with van der Waals surface area (Å²) in [7, 11) is 0. The molecule has 0 aliphatic rings. The zero-order valence-electron chi connectivity index (χ0n) is 38.9. The SMILES string of the molecule is Cc1c(C)n2ccc3c(-c4ccc(-c5ccccc5)cc4)c(-c4ccccc4-c4cc(CCc5c[c-]c(-c6ccccn6)cc5)cc(CCc5c[c-]c(-c6ccccn6)cc5)c4)c[c-]c3c2nc1=O.[Ir+3]. The van der Waals surface area contributed by atoms with Crippen LogP contribution in [0.5, 0.6) is 0 Å². The number of hydrogen-bond donors (Lipinski definition) is 0. The predicted molar refractivity (Wildman–Crippen MR) is 281 cm³/mol. The zero-order chi connectivity index (χ0) is 46.7. The Kier molecular flexibility index (Phi) is 13.3. The molecule has 0 aliphatic carbocycles. The van der Waals surface area contributed by atoms with Gasteiger partial charge in [-0.2, -0.15) is 0 Å². The molecule has 338 valence electrons. The van der Waals surface area contributed by atoms with Crippen molar-refractivity contribution in [2.45, 2.75) is 39.5 Å². The van der Waals surface area contributed by atoms with Gasteiger partial charge in [-0.25, -0.2) is 4.98 Å². The summed E-state index contributed by atoms with van der Waals surface area (Å²) in [6.07, 6.45) is 9.17. The fraction of sp³-hybridized carbons (Fsp3) is 0.0938. The molecule has 0 saturated heterocycles. The molecule has 11 aromatic rings. The first-order valence-corrected chi connectivity index (χ1v) is 23.5. The van der Waals surface area contributed by atoms with Gasteiger partial charge >= 0.3 is 20.1 Å². The molecule has 5 nitrogen and oxygen atoms in total. The summed E-state index contributed by atoms with van der Waals surface area (Å²) >= 11 is 0. The molecule has 6 heteroatoms. The van der Waals surface area contributed by atoms with Crippen LogP contribution in [-0.4, -0.2) is 19.4 Å². The van der Waals surface area contributed by atoms with Crippen LogP contribution in [-0.2, 0) is 45.8 Å². The molecule has 0 N–H and O–H groups in total. The molecule has 0 unspecified atom stereocenters. The molecule has 0 aliphatic heterocycles. The summed E-state index contributed by atoms with van der Waals surface area (Å²) in [6, 6.07) is 74.8. The Morgan fingerprint density at radius 3 is 1.63 bits per heavy atom. The molecule has 0 radical (unpaired) electrons. The van der Waals surface area contributed by atoms with E-state index in [1.54, 1.807) is 0 Å². The molecule has 0 saturated carbocycles. The van der Waals surface area contributed by atoms with Crippen molar-refractivity contribution in [3.8, 4) is 67.0 Å². The Labute approximate surface area is 422 Å². The van der Waals surface area contributed by atoms with Crippen LogP contribution >= 0.6 is 0 Å². The standard InChI is InChI=1S/C64H47N4O.Ir/c1-43-44(2)68-39-36-58-59(63(68)67-64(43)69)35-34-57(62(58)53-32-30-50(31-33-53)49-12-4-3-5-13-49)56-15-7-6-14-55(56)54-41-47(20-18-45-22-26-51(27-23-45)60-16-8-10-37-65-60)40-48(42-54)21-19-46-24-28-52(29-25-46)61-17-9-11-38-66-61;/h3-17,22-26,28,30-34,36-42H,18-21H2,1-2H3;/q-3;+3. The van der Waals surface area contributed by atoms with Crippen LogP contribution in [0.1, 0.15) is 33.5 Å². The molecular formula is C64H47IrN4O. The molecule has 0 bridgehead atoms. The van der Waals surface area contributed by atoms with E-state index >= 15 is 0 Å². The minimum Gasteiger partial charge on any atom is -0.345 e. The fourth-order valence-electron chi connectivity index (χ4n) is 9.48. The number of rotatable bonds is 12. The largest absolute Gasteiger partial charge is 3.00 e. The zero-order valence-corrected chi connectivity index (χ0v) is 41.3. The van der Waals surface area contributed by atoms with Gasteiger partial charge in [0.25, 0.3) is 5.56 Å². The molecule has 4 heterocycles. The second-order valence-electron chi connectivity index (χ2n) is 17.7. The fourth-order valence-corrected chi connectivity index (χ4v) is 9.48. The maximum Gasteiger partial charge on any atom is 3.00 e. The minimum absolute atomic E-state index is 0. The molecule has 0 atom stereocenters. The number of aromatic nitrogens is 4. The van der Waals surface area contributed by atoms with Gasteiger partial charge in [-0.1, -0.05) is 162 Å². The quantitative estimate of drug-likeness (QED) is 0.0903. The van der Waals surface area contributed by atoms with Crippen LogP contribution in [0.3, 0.4) is 0 Å². The average Bonchev–Trinajstić information content (AvgIpc) is 3.42. The van der Waals surface area contributed by atoms with Crippen molar-refractivity contribution in [2.75, 3.05) is 0 Å². The first-order valence-electron chi connectivity index (χ1n) is 23.5. The second-order valence-corrected chi connectivity index (χ2v) is 17.7. The van der Waals surface area contributed by atoms with Crippen molar-refractivity contribution in [2.24, 2.45) is 0 Å². The number of hydrogen-bond acceptors (Lipinski definition) is 4. The maximum atomic E-state index is 13.2. The van der Waals surface area contributed by atoms with E-state index in [4.69, 9.17) is 0 Å². The third-order valence-electron chi connectivity index (χ3n) is 13.3. The summed E-state index contributed by atoms with van der Waals surface area (Å²) in [4.78, 5) is 26.9. The first kappa shape index (κ1) is 45.9. The van der Waals surface area contributed by atoms with Crippen molar-refractivity contribution in [1.29, 1.82) is 0 Å². The smallest absolute Gasteiger partial charge is 0.345 e. The third-order valence-corrected chi connectivity index (χ3v) is 13.3. The molecule has 0 spiro atoms. The van der Waals surface area contributed by atoms with Gasteiger partial charge in [-0.15, -0.1) is 88.3 Å². The Hall–Kier alpha value is -7.89. The first-order chi connectivity index (χ1) is 33.9. The van der Waals surface area contributed by atoms with Crippen molar-refractivity contribution >= 4 is 16.4 Å². The minimum atomic E-state index is -0.216. The predicted octanol–water partition coefficient (Wildman–Crippen LogP) is 14.2. The van der Waals surface area contributed by atoms with E-state index in [0.29, 0.717) is 11.2 Å². The van der Waals surface area contributed by atoms with Crippen LogP contribution in [0.15, 0.2) is 205 Å². The number of benzene rings is 7. The van der Waals surface area contributed by atoms with Gasteiger partial charge in [0.05, 0.1) is 5.65 Å². The van der Waals surface area contributed by atoms with Crippen LogP contribution in [0, 0.1) is 32.0 Å². The van der Waals surface area contributed by atoms with Gasteiger partial charge in [-0.05, 0) is 95.4 Å². The molecule has 4 aromatic heterocycles. The number of aryl methyl sites for hydroxylation is 5. The van der Waals surface area contributed by atoms with E-state index in [2.05, 4.69) is 173 Å². The topological polar surface area (TPSA) is 60.1 Å². The summed E-state index contributed by atoms with van der Waals surface area (Å²) in [6.45, 7) is 3.81. The van der Waals surface area contributed by atoms with E-state index in [9.17, 15) is 4.79 Å². The summed E-state index contributed by atoms with van der Waals surface area (Å²) < 4.78 is 2.01. The summed E-state index contributed by atoms with van der Waals surface area (Å²) in [5.74, 6) is 0. The van der Waals surface area contributed by atoms with Crippen LogP contribution in [0.4, 0.5) is 0 Å². The van der Waals surface area contributed by atoms with Gasteiger partial charge in [0.1, 0.15) is 0 Å². The Bertz CT molecular complexity index is 3560. The summed E-state index contributed by atoms with van der Waals surface area (Å²) in [5, 5.41) is 1.79. The molecular weight excluding hydrogens is 1030 g/mol.